The molecule has 2 aliphatic rings. The first-order valence-electron chi connectivity index (χ1n) is 10.2. The average molecular weight is 409 g/mol. The van der Waals surface area contributed by atoms with Crippen molar-refractivity contribution in [2.45, 2.75) is 64.0 Å². The fraction of sp³-hybridized carbons (Fsp3) is 0.435. The van der Waals surface area contributed by atoms with Gasteiger partial charge in [-0.05, 0) is 56.5 Å². The van der Waals surface area contributed by atoms with Gasteiger partial charge in [0.25, 0.3) is 5.91 Å². The Morgan fingerprint density at radius 1 is 1.33 bits per heavy atom. The van der Waals surface area contributed by atoms with Crippen molar-refractivity contribution in [1.82, 2.24) is 9.88 Å². The molecule has 0 bridgehead atoms. The number of ether oxygens (including phenoxy) is 1. The molecule has 6 nitrogen and oxygen atoms in total. The van der Waals surface area contributed by atoms with Gasteiger partial charge in [0.15, 0.2) is 6.23 Å². The first-order chi connectivity index (χ1) is 14.3. The fourth-order valence-corrected chi connectivity index (χ4v) is 4.08. The summed E-state index contributed by atoms with van der Waals surface area (Å²) in [5.41, 5.74) is 0.495. The first kappa shape index (κ1) is 20.5. The lowest BCUT2D eigenvalue weighted by atomic mass is 9.94. The normalized spacial score (nSPS) is 19.2. The minimum atomic E-state index is -1.28. The minimum absolute atomic E-state index is 0.0291. The van der Waals surface area contributed by atoms with E-state index in [9.17, 15) is 9.90 Å². The smallest absolute Gasteiger partial charge is 0.257 e. The van der Waals surface area contributed by atoms with Gasteiger partial charge in [-0.2, -0.15) is 5.26 Å². The van der Waals surface area contributed by atoms with Crippen molar-refractivity contribution in [3.63, 3.8) is 0 Å². The van der Waals surface area contributed by atoms with E-state index in [1.807, 2.05) is 6.07 Å². The summed E-state index contributed by atoms with van der Waals surface area (Å²) in [4.78, 5) is 19.0. The van der Waals surface area contributed by atoms with Crippen molar-refractivity contribution >= 4 is 5.91 Å². The second kappa shape index (κ2) is 7.78. The molecule has 1 aliphatic carbocycles. The first-order valence-corrected chi connectivity index (χ1v) is 10.2. The standard InChI is InChI=1S/C23H24FN3O3/c1-23(2,29)15-9-18-20(19(24)10-15)22(30-17-5-3-4-6-17)27(21(18)28)13-16-8-7-14(11-25)12-26-16/h7-10,12,17,22,29H,3-6,13H2,1-2H3. The number of carbonyl (C=O) groups excluding carboxylic acids is 1. The SMILES string of the molecule is CC(C)(O)c1cc(F)c2c(c1)C(=O)N(Cc1ccc(C#N)cn1)C2OC1CCCC1. The maximum absolute atomic E-state index is 15.2. The Labute approximate surface area is 174 Å². The third-order valence-corrected chi connectivity index (χ3v) is 5.77. The summed E-state index contributed by atoms with van der Waals surface area (Å²) < 4.78 is 21.4. The van der Waals surface area contributed by atoms with Crippen LogP contribution in [0.1, 0.15) is 78.5 Å². The zero-order valence-corrected chi connectivity index (χ0v) is 17.1. The quantitative estimate of drug-likeness (QED) is 0.809. The van der Waals surface area contributed by atoms with Gasteiger partial charge in [0.2, 0.25) is 0 Å². The van der Waals surface area contributed by atoms with E-state index in [4.69, 9.17) is 10.00 Å². The monoisotopic (exact) mass is 409 g/mol. The topological polar surface area (TPSA) is 86.5 Å². The molecular formula is C23H24FN3O3. The van der Waals surface area contributed by atoms with E-state index in [2.05, 4.69) is 4.98 Å². The number of pyridine rings is 1. The molecule has 1 aromatic carbocycles. The number of hydrogen-bond donors (Lipinski definition) is 1. The molecule has 0 radical (unpaired) electrons. The van der Waals surface area contributed by atoms with Crippen molar-refractivity contribution in [1.29, 1.82) is 5.26 Å². The third kappa shape index (κ3) is 3.81. The number of carbonyl (C=O) groups is 1. The Bertz CT molecular complexity index is 1000. The molecule has 1 atom stereocenters. The van der Waals surface area contributed by atoms with Crippen molar-refractivity contribution < 1.29 is 19.0 Å². The number of aromatic nitrogens is 1. The molecule has 156 valence electrons. The highest BCUT2D eigenvalue weighted by Crippen LogP contribution is 2.41. The van der Waals surface area contributed by atoms with Gasteiger partial charge in [-0.3, -0.25) is 9.78 Å². The summed E-state index contributed by atoms with van der Waals surface area (Å²) in [7, 11) is 0. The van der Waals surface area contributed by atoms with E-state index in [0.717, 1.165) is 25.7 Å². The summed E-state index contributed by atoms with van der Waals surface area (Å²) in [6.45, 7) is 3.24. The molecule has 2 aromatic rings. The van der Waals surface area contributed by atoms with Gasteiger partial charge >= 0.3 is 0 Å². The molecule has 1 N–H and O–H groups in total. The van der Waals surface area contributed by atoms with Crippen LogP contribution in [0.2, 0.25) is 0 Å². The van der Waals surface area contributed by atoms with E-state index in [1.54, 1.807) is 32.0 Å². The van der Waals surface area contributed by atoms with Crippen LogP contribution in [0.5, 0.6) is 0 Å². The second-order valence-electron chi connectivity index (χ2n) is 8.46. The summed E-state index contributed by atoms with van der Waals surface area (Å²) in [5, 5.41) is 19.3. The molecule has 2 heterocycles. The van der Waals surface area contributed by atoms with Gasteiger partial charge in [0.05, 0.1) is 35.1 Å². The maximum Gasteiger partial charge on any atom is 0.257 e. The number of rotatable bonds is 5. The molecule has 30 heavy (non-hydrogen) atoms. The number of fused-ring (bicyclic) bond motifs is 1. The van der Waals surface area contributed by atoms with Crippen molar-refractivity contribution in [3.8, 4) is 6.07 Å². The molecule has 1 fully saturated rings. The van der Waals surface area contributed by atoms with Gasteiger partial charge in [0, 0.05) is 11.8 Å². The van der Waals surface area contributed by atoms with Gasteiger partial charge < -0.3 is 14.7 Å². The van der Waals surface area contributed by atoms with Crippen LogP contribution in [-0.4, -0.2) is 27.0 Å². The summed E-state index contributed by atoms with van der Waals surface area (Å²) >= 11 is 0. The molecule has 1 aliphatic heterocycles. The van der Waals surface area contributed by atoms with Crippen molar-refractivity contribution in [2.75, 3.05) is 0 Å². The lowest BCUT2D eigenvalue weighted by Crippen LogP contribution is -2.31. The number of nitrogens with zero attached hydrogens (tertiary/aromatic N) is 3. The van der Waals surface area contributed by atoms with Crippen LogP contribution >= 0.6 is 0 Å². The number of nitriles is 1. The predicted octanol–water partition coefficient (Wildman–Crippen LogP) is 3.93. The van der Waals surface area contributed by atoms with E-state index < -0.39 is 17.6 Å². The maximum atomic E-state index is 15.2. The Morgan fingerprint density at radius 3 is 2.67 bits per heavy atom. The number of aliphatic hydroxyl groups is 1. The van der Waals surface area contributed by atoms with Crippen LogP contribution in [-0.2, 0) is 16.9 Å². The highest BCUT2D eigenvalue weighted by Gasteiger charge is 2.42. The average Bonchev–Trinajstić information content (AvgIpc) is 3.31. The van der Waals surface area contributed by atoms with Gasteiger partial charge in [-0.15, -0.1) is 0 Å². The molecule has 0 saturated heterocycles. The Kier molecular flexibility index (Phi) is 5.31. The fourth-order valence-electron chi connectivity index (χ4n) is 4.08. The third-order valence-electron chi connectivity index (χ3n) is 5.77. The number of amides is 1. The predicted molar refractivity (Wildman–Crippen MR) is 107 cm³/mol. The minimum Gasteiger partial charge on any atom is -0.386 e. The Morgan fingerprint density at radius 2 is 2.07 bits per heavy atom. The zero-order chi connectivity index (χ0) is 21.5. The Balaban J connectivity index is 1.72. The Hall–Kier alpha value is -2.82. The molecule has 1 unspecified atom stereocenters. The molecule has 7 heteroatoms. The molecule has 0 spiro atoms. The summed E-state index contributed by atoms with van der Waals surface area (Å²) in [6, 6.07) is 8.16. The van der Waals surface area contributed by atoms with Gasteiger partial charge in [0.1, 0.15) is 11.9 Å². The lowest BCUT2D eigenvalue weighted by Gasteiger charge is -2.28. The van der Waals surface area contributed by atoms with Crippen LogP contribution in [0.15, 0.2) is 30.5 Å². The van der Waals surface area contributed by atoms with Crippen LogP contribution in [0.4, 0.5) is 4.39 Å². The van der Waals surface area contributed by atoms with Gasteiger partial charge in [-0.25, -0.2) is 4.39 Å². The van der Waals surface area contributed by atoms with Crippen LogP contribution in [0.25, 0.3) is 0 Å². The highest BCUT2D eigenvalue weighted by molar-refractivity contribution is 5.99. The van der Waals surface area contributed by atoms with Crippen molar-refractivity contribution in [2.24, 2.45) is 0 Å². The van der Waals surface area contributed by atoms with E-state index in [0.29, 0.717) is 16.8 Å². The molecule has 1 amide bonds. The zero-order valence-electron chi connectivity index (χ0n) is 17.1. The molecule has 4 rings (SSSR count). The van der Waals surface area contributed by atoms with Crippen LogP contribution in [0.3, 0.4) is 0 Å². The van der Waals surface area contributed by atoms with Crippen LogP contribution in [0, 0.1) is 17.1 Å². The molecular weight excluding hydrogens is 385 g/mol. The molecule has 1 saturated carbocycles. The van der Waals surface area contributed by atoms with E-state index in [-0.39, 0.29) is 29.7 Å². The van der Waals surface area contributed by atoms with E-state index >= 15 is 4.39 Å². The summed E-state index contributed by atoms with van der Waals surface area (Å²) in [6.07, 6.45) is 4.44. The summed E-state index contributed by atoms with van der Waals surface area (Å²) in [5.74, 6) is -0.916. The lowest BCUT2D eigenvalue weighted by molar-refractivity contribution is -0.0834. The molecule has 1 aromatic heterocycles. The largest absolute Gasteiger partial charge is 0.386 e. The van der Waals surface area contributed by atoms with Gasteiger partial charge in [-0.1, -0.05) is 12.8 Å². The number of halogens is 1. The second-order valence-corrected chi connectivity index (χ2v) is 8.46. The van der Waals surface area contributed by atoms with Crippen molar-refractivity contribution in [3.05, 3.63) is 64.2 Å². The van der Waals surface area contributed by atoms with Crippen LogP contribution < -0.4 is 0 Å². The number of hydrogen-bond acceptors (Lipinski definition) is 5. The highest BCUT2D eigenvalue weighted by atomic mass is 19.1. The van der Waals surface area contributed by atoms with E-state index in [1.165, 1.54) is 17.2 Å². The number of benzene rings is 1.